The van der Waals surface area contributed by atoms with Gasteiger partial charge in [-0.3, -0.25) is 4.98 Å². The molecule has 0 bridgehead atoms. The lowest BCUT2D eigenvalue weighted by atomic mass is 10.2. The van der Waals surface area contributed by atoms with Crippen molar-refractivity contribution in [1.82, 2.24) is 9.97 Å². The van der Waals surface area contributed by atoms with Crippen molar-refractivity contribution < 1.29 is 0 Å². The summed E-state index contributed by atoms with van der Waals surface area (Å²) >= 11 is 0. The number of nitrogens with one attached hydrogen (secondary N) is 1. The van der Waals surface area contributed by atoms with E-state index in [4.69, 9.17) is 0 Å². The highest BCUT2D eigenvalue weighted by Gasteiger charge is 2.14. The zero-order valence-corrected chi connectivity index (χ0v) is 12.8. The molecule has 0 saturated heterocycles. The predicted molar refractivity (Wildman–Crippen MR) is 82.8 cm³/mol. The van der Waals surface area contributed by atoms with Gasteiger partial charge >= 0.3 is 0 Å². The van der Waals surface area contributed by atoms with Gasteiger partial charge in [0.1, 0.15) is 11.6 Å². The summed E-state index contributed by atoms with van der Waals surface area (Å²) in [5, 5.41) is 3.30. The van der Waals surface area contributed by atoms with Gasteiger partial charge in [0.15, 0.2) is 0 Å². The van der Waals surface area contributed by atoms with Gasteiger partial charge in [-0.25, -0.2) is 4.98 Å². The van der Waals surface area contributed by atoms with E-state index in [9.17, 15) is 0 Å². The summed E-state index contributed by atoms with van der Waals surface area (Å²) in [5.74, 6) is 1.87. The van der Waals surface area contributed by atoms with E-state index in [1.54, 1.807) is 6.20 Å². The first-order valence-corrected chi connectivity index (χ1v) is 7.55. The van der Waals surface area contributed by atoms with E-state index in [0.29, 0.717) is 6.04 Å². The van der Waals surface area contributed by atoms with Crippen LogP contribution in [-0.4, -0.2) is 29.1 Å². The Morgan fingerprint density at radius 3 is 2.63 bits per heavy atom. The molecule has 0 aromatic carbocycles. The molecule has 1 aromatic heterocycles. The van der Waals surface area contributed by atoms with Crippen LogP contribution in [0.25, 0.3) is 0 Å². The third-order valence-electron chi connectivity index (χ3n) is 3.35. The molecule has 0 radical (unpaired) electrons. The van der Waals surface area contributed by atoms with Crippen LogP contribution in [0.3, 0.4) is 0 Å². The summed E-state index contributed by atoms with van der Waals surface area (Å²) < 4.78 is 0. The molecule has 4 nitrogen and oxygen atoms in total. The molecule has 1 unspecified atom stereocenters. The summed E-state index contributed by atoms with van der Waals surface area (Å²) in [5.41, 5.74) is 0. The maximum atomic E-state index is 4.68. The van der Waals surface area contributed by atoms with Gasteiger partial charge in [-0.1, -0.05) is 27.2 Å². The molecule has 0 saturated carbocycles. The van der Waals surface area contributed by atoms with Gasteiger partial charge < -0.3 is 10.2 Å². The maximum absolute atomic E-state index is 4.68. The summed E-state index contributed by atoms with van der Waals surface area (Å²) in [4.78, 5) is 11.4. The monoisotopic (exact) mass is 264 g/mol. The second-order valence-electron chi connectivity index (χ2n) is 4.99. The van der Waals surface area contributed by atoms with E-state index in [1.807, 2.05) is 6.20 Å². The molecule has 1 rings (SSSR count). The number of nitrogens with zero attached hydrogens (tertiary/aromatic N) is 3. The van der Waals surface area contributed by atoms with Crippen LogP contribution in [0.15, 0.2) is 12.4 Å². The molecule has 0 spiro atoms. The topological polar surface area (TPSA) is 41.1 Å². The van der Waals surface area contributed by atoms with Gasteiger partial charge in [0.05, 0.1) is 12.4 Å². The molecule has 0 aliphatic rings. The highest BCUT2D eigenvalue weighted by molar-refractivity contribution is 5.44. The van der Waals surface area contributed by atoms with Crippen molar-refractivity contribution in [3.63, 3.8) is 0 Å². The van der Waals surface area contributed by atoms with Gasteiger partial charge in [-0.05, 0) is 26.2 Å². The van der Waals surface area contributed by atoms with Gasteiger partial charge in [-0.15, -0.1) is 0 Å². The van der Waals surface area contributed by atoms with Crippen molar-refractivity contribution >= 4 is 11.6 Å². The van der Waals surface area contributed by atoms with E-state index in [1.165, 1.54) is 12.8 Å². The van der Waals surface area contributed by atoms with Crippen LogP contribution in [0.1, 0.15) is 53.4 Å². The smallest absolute Gasteiger partial charge is 0.149 e. The minimum Gasteiger partial charge on any atom is -0.369 e. The number of unbranched alkanes of at least 4 members (excludes halogenated alkanes) is 1. The molecule has 0 amide bonds. The Morgan fingerprint density at radius 2 is 2.00 bits per heavy atom. The number of hydrogen-bond donors (Lipinski definition) is 1. The third-order valence-corrected chi connectivity index (χ3v) is 3.35. The van der Waals surface area contributed by atoms with Crippen LogP contribution < -0.4 is 10.2 Å². The van der Waals surface area contributed by atoms with E-state index in [2.05, 4.69) is 47.9 Å². The fraction of sp³-hybridized carbons (Fsp3) is 0.733. The molecule has 0 aliphatic heterocycles. The number of rotatable bonds is 9. The van der Waals surface area contributed by atoms with Gasteiger partial charge in [0.25, 0.3) is 0 Å². The fourth-order valence-corrected chi connectivity index (χ4v) is 1.94. The molecule has 108 valence electrons. The molecule has 1 atom stereocenters. The van der Waals surface area contributed by atoms with Crippen LogP contribution >= 0.6 is 0 Å². The standard InChI is InChI=1S/C15H28N4/c1-5-8-10-19(13(4)7-3)15-12-16-11-14(18-15)17-9-6-2/h11-13H,5-10H2,1-4H3,(H,17,18). The van der Waals surface area contributed by atoms with Crippen molar-refractivity contribution in [2.24, 2.45) is 0 Å². The minimum atomic E-state index is 0.502. The van der Waals surface area contributed by atoms with Crippen molar-refractivity contribution in [2.45, 2.75) is 59.4 Å². The Labute approximate surface area is 117 Å². The Bertz CT molecular complexity index is 354. The molecule has 4 heteroatoms. The van der Waals surface area contributed by atoms with Crippen LogP contribution in [0.4, 0.5) is 11.6 Å². The lowest BCUT2D eigenvalue weighted by Crippen LogP contribution is -2.34. The zero-order chi connectivity index (χ0) is 14.1. The summed E-state index contributed by atoms with van der Waals surface area (Å²) in [6, 6.07) is 0.502. The molecule has 1 heterocycles. The van der Waals surface area contributed by atoms with Crippen molar-refractivity contribution in [3.8, 4) is 0 Å². The average Bonchev–Trinajstić information content (AvgIpc) is 2.45. The molecule has 0 fully saturated rings. The van der Waals surface area contributed by atoms with Crippen LogP contribution in [0.5, 0.6) is 0 Å². The maximum Gasteiger partial charge on any atom is 0.149 e. The highest BCUT2D eigenvalue weighted by Crippen LogP contribution is 2.17. The Kier molecular flexibility index (Phi) is 7.23. The average molecular weight is 264 g/mol. The van der Waals surface area contributed by atoms with Crippen LogP contribution in [-0.2, 0) is 0 Å². The summed E-state index contributed by atoms with van der Waals surface area (Å²) in [6.07, 6.45) is 8.29. The molecule has 19 heavy (non-hydrogen) atoms. The van der Waals surface area contributed by atoms with Crippen LogP contribution in [0, 0.1) is 0 Å². The van der Waals surface area contributed by atoms with Crippen molar-refractivity contribution in [1.29, 1.82) is 0 Å². The Balaban J connectivity index is 2.81. The molecule has 1 N–H and O–H groups in total. The van der Waals surface area contributed by atoms with E-state index in [0.717, 1.165) is 37.6 Å². The van der Waals surface area contributed by atoms with E-state index >= 15 is 0 Å². The number of hydrogen-bond acceptors (Lipinski definition) is 4. The van der Waals surface area contributed by atoms with E-state index in [-0.39, 0.29) is 0 Å². The Morgan fingerprint density at radius 1 is 1.21 bits per heavy atom. The first kappa shape index (κ1) is 15.7. The fourth-order valence-electron chi connectivity index (χ4n) is 1.94. The summed E-state index contributed by atoms with van der Waals surface area (Å²) in [7, 11) is 0. The number of anilines is 2. The molecular formula is C15H28N4. The molecule has 1 aromatic rings. The molecular weight excluding hydrogens is 236 g/mol. The van der Waals surface area contributed by atoms with E-state index < -0.39 is 0 Å². The second-order valence-corrected chi connectivity index (χ2v) is 4.99. The quantitative estimate of drug-likeness (QED) is 0.738. The molecule has 0 aliphatic carbocycles. The highest BCUT2D eigenvalue weighted by atomic mass is 15.2. The van der Waals surface area contributed by atoms with Crippen molar-refractivity contribution in [3.05, 3.63) is 12.4 Å². The SMILES string of the molecule is CCCCN(c1cncc(NCCC)n1)C(C)CC. The third kappa shape index (κ3) is 5.05. The van der Waals surface area contributed by atoms with Gasteiger partial charge in [-0.2, -0.15) is 0 Å². The van der Waals surface area contributed by atoms with Crippen LogP contribution in [0.2, 0.25) is 0 Å². The van der Waals surface area contributed by atoms with Crippen molar-refractivity contribution in [2.75, 3.05) is 23.3 Å². The Hall–Kier alpha value is -1.32. The van der Waals surface area contributed by atoms with Gasteiger partial charge in [0.2, 0.25) is 0 Å². The summed E-state index contributed by atoms with van der Waals surface area (Å²) in [6.45, 7) is 10.8. The first-order valence-electron chi connectivity index (χ1n) is 7.55. The zero-order valence-electron chi connectivity index (χ0n) is 12.8. The number of aromatic nitrogens is 2. The largest absolute Gasteiger partial charge is 0.369 e. The first-order chi connectivity index (χ1) is 9.22. The lowest BCUT2D eigenvalue weighted by Gasteiger charge is -2.29. The predicted octanol–water partition coefficient (Wildman–Crippen LogP) is 3.70. The lowest BCUT2D eigenvalue weighted by molar-refractivity contribution is 0.589. The minimum absolute atomic E-state index is 0.502. The second kappa shape index (κ2) is 8.73. The van der Waals surface area contributed by atoms with Gasteiger partial charge in [0, 0.05) is 19.1 Å². The normalized spacial score (nSPS) is 12.2.